The van der Waals surface area contributed by atoms with E-state index in [4.69, 9.17) is 4.74 Å². The van der Waals surface area contributed by atoms with Gasteiger partial charge >= 0.3 is 0 Å². The number of likely N-dealkylation sites (tertiary alicyclic amines) is 1. The van der Waals surface area contributed by atoms with Crippen LogP contribution in [0.3, 0.4) is 0 Å². The Bertz CT molecular complexity index is 425. The van der Waals surface area contributed by atoms with Gasteiger partial charge in [0, 0.05) is 38.0 Å². The van der Waals surface area contributed by atoms with E-state index >= 15 is 0 Å². The molecule has 1 aliphatic heterocycles. The van der Waals surface area contributed by atoms with E-state index in [1.807, 2.05) is 0 Å². The smallest absolute Gasteiger partial charge is 0.160 e. The standard InChI is InChI=1S/C14H21BrFN3O/c1-20-9-8-19-6-3-12(4-7-19)18-10-11-2-5-17-14(15)13(11)16/h2,5,12,18H,3-4,6-10H2,1H3. The molecule has 0 atom stereocenters. The third-order valence-corrected chi connectivity index (χ3v) is 4.26. The van der Waals surface area contributed by atoms with E-state index in [9.17, 15) is 4.39 Å². The highest BCUT2D eigenvalue weighted by Gasteiger charge is 2.18. The average Bonchev–Trinajstić information content (AvgIpc) is 2.48. The molecule has 1 N–H and O–H groups in total. The zero-order chi connectivity index (χ0) is 14.4. The van der Waals surface area contributed by atoms with Gasteiger partial charge in [0.05, 0.1) is 6.61 Å². The van der Waals surface area contributed by atoms with Gasteiger partial charge < -0.3 is 15.0 Å². The van der Waals surface area contributed by atoms with Crippen LogP contribution in [0.4, 0.5) is 4.39 Å². The Morgan fingerprint density at radius 3 is 2.95 bits per heavy atom. The molecule has 0 radical (unpaired) electrons. The van der Waals surface area contributed by atoms with Crippen molar-refractivity contribution in [1.29, 1.82) is 0 Å². The van der Waals surface area contributed by atoms with Gasteiger partial charge in [0.1, 0.15) is 4.60 Å². The molecule has 20 heavy (non-hydrogen) atoms. The number of nitrogens with zero attached hydrogens (tertiary/aromatic N) is 2. The van der Waals surface area contributed by atoms with Gasteiger partial charge in [0.15, 0.2) is 5.82 Å². The summed E-state index contributed by atoms with van der Waals surface area (Å²) in [5, 5.41) is 3.44. The fraction of sp³-hybridized carbons (Fsp3) is 0.643. The second kappa shape index (κ2) is 8.02. The summed E-state index contributed by atoms with van der Waals surface area (Å²) in [6.45, 7) is 4.48. The highest BCUT2D eigenvalue weighted by Crippen LogP contribution is 2.16. The van der Waals surface area contributed by atoms with E-state index < -0.39 is 0 Å². The third-order valence-electron chi connectivity index (χ3n) is 3.71. The Balaban J connectivity index is 1.74. The predicted molar refractivity (Wildman–Crippen MR) is 80.1 cm³/mol. The van der Waals surface area contributed by atoms with Gasteiger partial charge in [-0.1, -0.05) is 0 Å². The van der Waals surface area contributed by atoms with Gasteiger partial charge in [-0.25, -0.2) is 9.37 Å². The van der Waals surface area contributed by atoms with E-state index in [-0.39, 0.29) is 10.4 Å². The highest BCUT2D eigenvalue weighted by atomic mass is 79.9. The lowest BCUT2D eigenvalue weighted by Gasteiger charge is -2.32. The number of methoxy groups -OCH3 is 1. The van der Waals surface area contributed by atoms with Crippen molar-refractivity contribution < 1.29 is 9.13 Å². The Morgan fingerprint density at radius 2 is 2.25 bits per heavy atom. The van der Waals surface area contributed by atoms with Gasteiger partial charge in [-0.05, 0) is 47.9 Å². The van der Waals surface area contributed by atoms with Crippen molar-refractivity contribution in [2.45, 2.75) is 25.4 Å². The average molecular weight is 346 g/mol. The normalized spacial score (nSPS) is 17.6. The molecule has 0 aromatic carbocycles. The molecule has 0 spiro atoms. The molecule has 0 bridgehead atoms. The summed E-state index contributed by atoms with van der Waals surface area (Å²) >= 11 is 3.11. The van der Waals surface area contributed by atoms with Crippen LogP contribution in [0, 0.1) is 5.82 Å². The second-order valence-electron chi connectivity index (χ2n) is 5.06. The molecule has 1 fully saturated rings. The first-order valence-corrected chi connectivity index (χ1v) is 7.73. The van der Waals surface area contributed by atoms with Crippen LogP contribution in [0.5, 0.6) is 0 Å². The molecule has 112 valence electrons. The van der Waals surface area contributed by atoms with E-state index in [0.717, 1.165) is 39.1 Å². The summed E-state index contributed by atoms with van der Waals surface area (Å²) < 4.78 is 19.2. The van der Waals surface area contributed by atoms with Crippen LogP contribution in [-0.2, 0) is 11.3 Å². The first-order chi connectivity index (χ1) is 9.70. The summed E-state index contributed by atoms with van der Waals surface area (Å²) in [4.78, 5) is 6.28. The molecule has 0 amide bonds. The summed E-state index contributed by atoms with van der Waals surface area (Å²) in [6.07, 6.45) is 3.81. The molecule has 0 saturated carbocycles. The summed E-state index contributed by atoms with van der Waals surface area (Å²) in [5.41, 5.74) is 0.661. The molecule has 1 saturated heterocycles. The first kappa shape index (κ1) is 15.8. The van der Waals surface area contributed by atoms with Gasteiger partial charge in [-0.3, -0.25) is 0 Å². The van der Waals surface area contributed by atoms with Gasteiger partial charge in [-0.15, -0.1) is 0 Å². The lowest BCUT2D eigenvalue weighted by atomic mass is 10.0. The second-order valence-corrected chi connectivity index (χ2v) is 5.82. The van der Waals surface area contributed by atoms with Crippen LogP contribution < -0.4 is 5.32 Å². The molecule has 0 unspecified atom stereocenters. The molecule has 1 aliphatic rings. The monoisotopic (exact) mass is 345 g/mol. The van der Waals surface area contributed by atoms with Crippen LogP contribution in [0.2, 0.25) is 0 Å². The summed E-state index contributed by atoms with van der Waals surface area (Å²) in [7, 11) is 1.73. The number of piperidine rings is 1. The molecule has 2 rings (SSSR count). The zero-order valence-corrected chi connectivity index (χ0v) is 13.3. The van der Waals surface area contributed by atoms with Crippen molar-refractivity contribution >= 4 is 15.9 Å². The number of halogens is 2. The molecule has 0 aliphatic carbocycles. The minimum Gasteiger partial charge on any atom is -0.383 e. The van der Waals surface area contributed by atoms with Gasteiger partial charge in [0.25, 0.3) is 0 Å². The lowest BCUT2D eigenvalue weighted by molar-refractivity contribution is 0.126. The summed E-state index contributed by atoms with van der Waals surface area (Å²) in [6, 6.07) is 2.18. The molecular formula is C14H21BrFN3O. The molecule has 4 nitrogen and oxygen atoms in total. The molecular weight excluding hydrogens is 325 g/mol. The van der Waals surface area contributed by atoms with Crippen molar-refractivity contribution in [3.8, 4) is 0 Å². The molecule has 2 heterocycles. The molecule has 1 aromatic heterocycles. The maximum Gasteiger partial charge on any atom is 0.160 e. The third kappa shape index (κ3) is 4.48. The first-order valence-electron chi connectivity index (χ1n) is 6.94. The molecule has 1 aromatic rings. The molecule has 6 heteroatoms. The van der Waals surface area contributed by atoms with E-state index in [1.54, 1.807) is 19.4 Å². The number of ether oxygens (including phenoxy) is 1. The fourth-order valence-corrected chi connectivity index (χ4v) is 2.80. The number of rotatable bonds is 6. The Morgan fingerprint density at radius 1 is 1.50 bits per heavy atom. The topological polar surface area (TPSA) is 37.4 Å². The van der Waals surface area contributed by atoms with Crippen LogP contribution >= 0.6 is 15.9 Å². The minimum absolute atomic E-state index is 0.266. The maximum absolute atomic E-state index is 13.8. The van der Waals surface area contributed by atoms with E-state index in [1.165, 1.54) is 0 Å². The number of hydrogen-bond acceptors (Lipinski definition) is 4. The Kier molecular flexibility index (Phi) is 6.35. The number of aromatic nitrogens is 1. The summed E-state index contributed by atoms with van der Waals surface area (Å²) in [5.74, 6) is -0.266. The van der Waals surface area contributed by atoms with E-state index in [0.29, 0.717) is 18.2 Å². The number of pyridine rings is 1. The van der Waals surface area contributed by atoms with Crippen molar-refractivity contribution in [3.63, 3.8) is 0 Å². The Labute approximate surface area is 127 Å². The van der Waals surface area contributed by atoms with Crippen molar-refractivity contribution in [2.75, 3.05) is 33.4 Å². The lowest BCUT2D eigenvalue weighted by Crippen LogP contribution is -2.43. The minimum atomic E-state index is -0.266. The highest BCUT2D eigenvalue weighted by molar-refractivity contribution is 9.10. The number of hydrogen-bond donors (Lipinski definition) is 1. The zero-order valence-electron chi connectivity index (χ0n) is 11.7. The largest absolute Gasteiger partial charge is 0.383 e. The van der Waals surface area contributed by atoms with Crippen LogP contribution in [0.15, 0.2) is 16.9 Å². The van der Waals surface area contributed by atoms with Crippen LogP contribution in [0.1, 0.15) is 18.4 Å². The predicted octanol–water partition coefficient (Wildman–Crippen LogP) is 2.18. The number of nitrogens with one attached hydrogen (secondary N) is 1. The van der Waals surface area contributed by atoms with Crippen LogP contribution in [0.25, 0.3) is 0 Å². The Hall–Kier alpha value is -0.560. The quantitative estimate of drug-likeness (QED) is 0.802. The van der Waals surface area contributed by atoms with Crippen molar-refractivity contribution in [1.82, 2.24) is 15.2 Å². The van der Waals surface area contributed by atoms with Crippen LogP contribution in [-0.4, -0.2) is 49.3 Å². The maximum atomic E-state index is 13.8. The van der Waals surface area contributed by atoms with Gasteiger partial charge in [0.2, 0.25) is 0 Å². The fourth-order valence-electron chi connectivity index (χ4n) is 2.43. The van der Waals surface area contributed by atoms with Crippen molar-refractivity contribution in [2.24, 2.45) is 0 Å². The van der Waals surface area contributed by atoms with Crippen molar-refractivity contribution in [3.05, 3.63) is 28.2 Å². The van der Waals surface area contributed by atoms with Gasteiger partial charge in [-0.2, -0.15) is 0 Å². The van der Waals surface area contributed by atoms with E-state index in [2.05, 4.69) is 31.1 Å². The SMILES string of the molecule is COCCN1CCC(NCc2ccnc(Br)c2F)CC1.